The largest absolute Gasteiger partial charge is 0.505 e. The number of anilines is 1. The SMILES string of the molecule is O=C(O)c1cc(Cl)c(O)c(SNc2cc(-c3cc4ccccc4s3)c(F)cc2F)c1. The minimum atomic E-state index is -1.22. The van der Waals surface area contributed by atoms with E-state index in [0.717, 1.165) is 34.2 Å². The summed E-state index contributed by atoms with van der Waals surface area (Å²) in [6.45, 7) is 0. The first-order chi connectivity index (χ1) is 14.3. The third-order valence-electron chi connectivity index (χ3n) is 4.29. The molecule has 3 aromatic carbocycles. The van der Waals surface area contributed by atoms with Crippen LogP contribution in [-0.4, -0.2) is 16.2 Å². The quantitative estimate of drug-likeness (QED) is 0.277. The Hall–Kier alpha value is -2.81. The summed E-state index contributed by atoms with van der Waals surface area (Å²) in [5.41, 5.74) is 0.0694. The fraction of sp³-hybridized carbons (Fsp3) is 0. The molecule has 30 heavy (non-hydrogen) atoms. The minimum absolute atomic E-state index is 0.0230. The van der Waals surface area contributed by atoms with Crippen molar-refractivity contribution < 1.29 is 23.8 Å². The number of hydrogen-bond acceptors (Lipinski definition) is 5. The first kappa shape index (κ1) is 20.5. The van der Waals surface area contributed by atoms with E-state index in [2.05, 4.69) is 4.72 Å². The molecule has 3 N–H and O–H groups in total. The lowest BCUT2D eigenvalue weighted by atomic mass is 10.1. The Balaban J connectivity index is 1.67. The van der Waals surface area contributed by atoms with Crippen molar-refractivity contribution in [1.82, 2.24) is 0 Å². The van der Waals surface area contributed by atoms with E-state index in [9.17, 15) is 18.7 Å². The smallest absolute Gasteiger partial charge is 0.335 e. The summed E-state index contributed by atoms with van der Waals surface area (Å²) < 4.78 is 32.5. The fourth-order valence-corrected chi connectivity index (χ4v) is 4.94. The van der Waals surface area contributed by atoms with E-state index in [-0.39, 0.29) is 32.5 Å². The second-order valence-corrected chi connectivity index (χ2v) is 8.61. The van der Waals surface area contributed by atoms with Crippen LogP contribution in [0.25, 0.3) is 20.5 Å². The average Bonchev–Trinajstić information content (AvgIpc) is 3.13. The predicted octanol–water partition coefficient (Wildman–Crippen LogP) is 7.02. The maximum absolute atomic E-state index is 14.5. The number of nitrogens with one attached hydrogen (secondary N) is 1. The first-order valence-electron chi connectivity index (χ1n) is 8.50. The second kappa shape index (κ2) is 8.14. The highest BCUT2D eigenvalue weighted by Gasteiger charge is 2.17. The molecule has 9 heteroatoms. The monoisotopic (exact) mass is 463 g/mol. The molecular formula is C21H12ClF2NO3S2. The zero-order chi connectivity index (χ0) is 21.4. The molecule has 1 aromatic heterocycles. The lowest BCUT2D eigenvalue weighted by Gasteiger charge is -2.11. The van der Waals surface area contributed by atoms with E-state index in [1.807, 2.05) is 30.3 Å². The minimum Gasteiger partial charge on any atom is -0.505 e. The van der Waals surface area contributed by atoms with Gasteiger partial charge in [0.2, 0.25) is 0 Å². The van der Waals surface area contributed by atoms with Gasteiger partial charge >= 0.3 is 5.97 Å². The van der Waals surface area contributed by atoms with Crippen molar-refractivity contribution >= 4 is 56.6 Å². The van der Waals surface area contributed by atoms with Gasteiger partial charge in [-0.05, 0) is 47.7 Å². The van der Waals surface area contributed by atoms with Gasteiger partial charge in [0.05, 0.1) is 21.2 Å². The van der Waals surface area contributed by atoms with Crippen molar-refractivity contribution in [2.24, 2.45) is 0 Å². The van der Waals surface area contributed by atoms with Gasteiger partial charge in [-0.25, -0.2) is 13.6 Å². The summed E-state index contributed by atoms with van der Waals surface area (Å²) >= 11 is 8.02. The van der Waals surface area contributed by atoms with Crippen LogP contribution in [0.5, 0.6) is 5.75 Å². The maximum Gasteiger partial charge on any atom is 0.335 e. The van der Waals surface area contributed by atoms with Gasteiger partial charge in [-0.2, -0.15) is 0 Å². The summed E-state index contributed by atoms with van der Waals surface area (Å²) in [6, 6.07) is 13.9. The van der Waals surface area contributed by atoms with E-state index < -0.39 is 17.6 Å². The standard InChI is InChI=1S/C21H12ClF2NO3S2/c22-13-5-11(21(27)28)7-19(20(13)26)30-25-16-8-12(14(23)9-15(16)24)18-6-10-3-1-2-4-17(10)29-18/h1-9,25-26H,(H,27,28). The van der Waals surface area contributed by atoms with Gasteiger partial charge in [0, 0.05) is 21.2 Å². The number of thiophene rings is 1. The van der Waals surface area contributed by atoms with E-state index in [0.29, 0.717) is 4.88 Å². The molecule has 0 spiro atoms. The van der Waals surface area contributed by atoms with Gasteiger partial charge in [-0.1, -0.05) is 29.8 Å². The summed E-state index contributed by atoms with van der Waals surface area (Å²) in [5, 5.41) is 20.0. The topological polar surface area (TPSA) is 69.6 Å². The van der Waals surface area contributed by atoms with Crippen LogP contribution in [0, 0.1) is 11.6 Å². The van der Waals surface area contributed by atoms with Gasteiger partial charge in [0.25, 0.3) is 0 Å². The van der Waals surface area contributed by atoms with Crippen LogP contribution >= 0.6 is 34.9 Å². The molecule has 0 radical (unpaired) electrons. The number of rotatable bonds is 5. The molecule has 4 nitrogen and oxygen atoms in total. The van der Waals surface area contributed by atoms with Crippen molar-refractivity contribution in [2.75, 3.05) is 4.72 Å². The third kappa shape index (κ3) is 3.94. The van der Waals surface area contributed by atoms with Gasteiger partial charge < -0.3 is 14.9 Å². The first-order valence-corrected chi connectivity index (χ1v) is 10.5. The lowest BCUT2D eigenvalue weighted by molar-refractivity contribution is 0.0696. The molecule has 0 unspecified atom stereocenters. The molecule has 0 atom stereocenters. The molecule has 0 fully saturated rings. The number of aromatic hydroxyl groups is 1. The Bertz CT molecular complexity index is 1260. The molecule has 0 aliphatic rings. The number of benzene rings is 3. The molecule has 0 aliphatic heterocycles. The molecule has 0 bridgehead atoms. The number of carboxylic acid groups (broad SMARTS) is 1. The van der Waals surface area contributed by atoms with Gasteiger partial charge in [-0.3, -0.25) is 0 Å². The van der Waals surface area contributed by atoms with Crippen LogP contribution in [0.1, 0.15) is 10.4 Å². The number of fused-ring (bicyclic) bond motifs is 1. The highest BCUT2D eigenvalue weighted by Crippen LogP contribution is 2.39. The number of halogens is 3. The van der Waals surface area contributed by atoms with Crippen molar-refractivity contribution in [1.29, 1.82) is 0 Å². The summed E-state index contributed by atoms with van der Waals surface area (Å²) in [7, 11) is 0. The normalized spacial score (nSPS) is 11.0. The van der Waals surface area contributed by atoms with Gasteiger partial charge in [-0.15, -0.1) is 11.3 Å². The zero-order valence-electron chi connectivity index (χ0n) is 14.9. The van der Waals surface area contributed by atoms with E-state index in [1.54, 1.807) is 0 Å². The number of phenolic OH excluding ortho intramolecular Hbond substituents is 1. The van der Waals surface area contributed by atoms with Crippen LogP contribution < -0.4 is 4.72 Å². The molecule has 4 aromatic rings. The number of phenols is 1. The zero-order valence-corrected chi connectivity index (χ0v) is 17.3. The van der Waals surface area contributed by atoms with Crippen LogP contribution in [0.3, 0.4) is 0 Å². The van der Waals surface area contributed by atoms with Crippen LogP contribution in [0.15, 0.2) is 59.5 Å². The predicted molar refractivity (Wildman–Crippen MR) is 117 cm³/mol. The number of aromatic carboxylic acids is 1. The van der Waals surface area contributed by atoms with E-state index in [4.69, 9.17) is 16.7 Å². The molecule has 0 saturated heterocycles. The highest BCUT2D eigenvalue weighted by atomic mass is 35.5. The molecule has 4 rings (SSSR count). The summed E-state index contributed by atoms with van der Waals surface area (Å²) in [6.07, 6.45) is 0. The fourth-order valence-electron chi connectivity index (χ4n) is 2.82. The van der Waals surface area contributed by atoms with Gasteiger partial charge in [0.15, 0.2) is 0 Å². The van der Waals surface area contributed by atoms with Crippen LogP contribution in [0.2, 0.25) is 5.02 Å². The molecule has 1 heterocycles. The van der Waals surface area contributed by atoms with E-state index >= 15 is 0 Å². The summed E-state index contributed by atoms with van der Waals surface area (Å²) in [4.78, 5) is 11.9. The second-order valence-electron chi connectivity index (χ2n) is 6.27. The number of carboxylic acids is 1. The Morgan fingerprint density at radius 2 is 1.83 bits per heavy atom. The van der Waals surface area contributed by atoms with Crippen molar-refractivity contribution in [3.63, 3.8) is 0 Å². The van der Waals surface area contributed by atoms with Gasteiger partial charge in [0.1, 0.15) is 17.4 Å². The van der Waals surface area contributed by atoms with Crippen molar-refractivity contribution in [2.45, 2.75) is 4.90 Å². The van der Waals surface area contributed by atoms with Crippen LogP contribution in [-0.2, 0) is 0 Å². The average molecular weight is 464 g/mol. The van der Waals surface area contributed by atoms with Crippen molar-refractivity contribution in [3.05, 3.63) is 76.8 Å². The number of carbonyl (C=O) groups is 1. The lowest BCUT2D eigenvalue weighted by Crippen LogP contribution is -1.98. The molecule has 0 amide bonds. The van der Waals surface area contributed by atoms with E-state index in [1.165, 1.54) is 23.5 Å². The summed E-state index contributed by atoms with van der Waals surface area (Å²) in [5.74, 6) is -3.09. The highest BCUT2D eigenvalue weighted by molar-refractivity contribution is 8.00. The third-order valence-corrected chi connectivity index (χ3v) is 6.58. The Kier molecular flexibility index (Phi) is 5.55. The van der Waals surface area contributed by atoms with Crippen LogP contribution in [0.4, 0.5) is 14.5 Å². The molecule has 0 saturated carbocycles. The molecule has 0 aliphatic carbocycles. The Labute approximate surface area is 182 Å². The van der Waals surface area contributed by atoms with Crippen molar-refractivity contribution in [3.8, 4) is 16.2 Å². The maximum atomic E-state index is 14.5. The number of hydrogen-bond donors (Lipinski definition) is 3. The molecular weight excluding hydrogens is 452 g/mol. The Morgan fingerprint density at radius 1 is 1.07 bits per heavy atom. The Morgan fingerprint density at radius 3 is 2.57 bits per heavy atom. The molecule has 152 valence electrons.